The van der Waals surface area contributed by atoms with Gasteiger partial charge < -0.3 is 15.5 Å². The van der Waals surface area contributed by atoms with Crippen LogP contribution >= 0.6 is 15.9 Å². The van der Waals surface area contributed by atoms with Crippen LogP contribution in [0.4, 0.5) is 5.69 Å². The van der Waals surface area contributed by atoms with Crippen molar-refractivity contribution in [3.8, 4) is 11.5 Å². The van der Waals surface area contributed by atoms with Crippen molar-refractivity contribution in [1.29, 1.82) is 0 Å². The van der Waals surface area contributed by atoms with E-state index in [0.717, 1.165) is 0 Å². The molecule has 0 saturated heterocycles. The Bertz CT molecular complexity index is 368. The van der Waals surface area contributed by atoms with E-state index in [1.165, 1.54) is 18.2 Å². The third-order valence-electron chi connectivity index (χ3n) is 1.88. The van der Waals surface area contributed by atoms with E-state index in [1.54, 1.807) is 0 Å². The molecule has 15 heavy (non-hydrogen) atoms. The lowest BCUT2D eigenvalue weighted by Gasteiger charge is -2.10. The largest absolute Gasteiger partial charge is 0.508 e. The summed E-state index contributed by atoms with van der Waals surface area (Å²) in [6.45, 7) is 1.87. The van der Waals surface area contributed by atoms with Crippen molar-refractivity contribution < 1.29 is 15.0 Å². The fourth-order valence-corrected chi connectivity index (χ4v) is 1.14. The molecule has 1 unspecified atom stereocenters. The molecule has 0 bridgehead atoms. The number of carbonyl (C=O) groups is 1. The van der Waals surface area contributed by atoms with Crippen molar-refractivity contribution in [3.63, 3.8) is 0 Å². The lowest BCUT2D eigenvalue weighted by Crippen LogP contribution is -2.21. The Kier molecular flexibility index (Phi) is 3.96. The van der Waals surface area contributed by atoms with Crippen LogP contribution in [0, 0.1) is 0 Å². The van der Waals surface area contributed by atoms with E-state index in [0.29, 0.717) is 6.42 Å². The van der Waals surface area contributed by atoms with Crippen molar-refractivity contribution in [2.24, 2.45) is 0 Å². The number of anilines is 1. The number of phenolic OH excluding ortho intramolecular Hbond substituents is 2. The van der Waals surface area contributed by atoms with Gasteiger partial charge in [0.1, 0.15) is 11.5 Å². The average molecular weight is 274 g/mol. The number of amides is 1. The zero-order valence-electron chi connectivity index (χ0n) is 8.20. The highest BCUT2D eigenvalue weighted by Crippen LogP contribution is 2.27. The second-order valence-electron chi connectivity index (χ2n) is 3.07. The van der Waals surface area contributed by atoms with Crippen LogP contribution in [-0.2, 0) is 4.79 Å². The molecule has 0 spiro atoms. The fourth-order valence-electron chi connectivity index (χ4n) is 1.02. The highest BCUT2D eigenvalue weighted by atomic mass is 79.9. The summed E-state index contributed by atoms with van der Waals surface area (Å²) in [7, 11) is 0. The number of carbonyl (C=O) groups excluding carboxylic acids is 1. The minimum absolute atomic E-state index is 0.0450. The Morgan fingerprint density at radius 3 is 2.73 bits per heavy atom. The number of nitrogens with one attached hydrogen (secondary N) is 1. The van der Waals surface area contributed by atoms with E-state index in [-0.39, 0.29) is 27.9 Å². The summed E-state index contributed by atoms with van der Waals surface area (Å²) in [5.74, 6) is -0.422. The Morgan fingerprint density at radius 2 is 2.20 bits per heavy atom. The van der Waals surface area contributed by atoms with Gasteiger partial charge in [0.05, 0.1) is 10.5 Å². The first-order valence-corrected chi connectivity index (χ1v) is 5.43. The van der Waals surface area contributed by atoms with Gasteiger partial charge in [-0.25, -0.2) is 0 Å². The highest BCUT2D eigenvalue weighted by Gasteiger charge is 2.13. The molecule has 0 fully saturated rings. The molecule has 1 rings (SSSR count). The Labute approximate surface area is 96.1 Å². The number of hydrogen-bond acceptors (Lipinski definition) is 3. The van der Waals surface area contributed by atoms with Crippen LogP contribution in [0.3, 0.4) is 0 Å². The molecule has 0 radical (unpaired) electrons. The maximum Gasteiger partial charge on any atom is 0.238 e. The number of benzene rings is 1. The predicted molar refractivity (Wildman–Crippen MR) is 61.4 cm³/mol. The van der Waals surface area contributed by atoms with Crippen molar-refractivity contribution in [2.75, 3.05) is 5.32 Å². The number of halogens is 1. The first-order chi connectivity index (χ1) is 7.04. The van der Waals surface area contributed by atoms with E-state index in [4.69, 9.17) is 5.11 Å². The van der Waals surface area contributed by atoms with E-state index < -0.39 is 0 Å². The third-order valence-corrected chi connectivity index (χ3v) is 2.95. The quantitative estimate of drug-likeness (QED) is 0.449. The van der Waals surface area contributed by atoms with Gasteiger partial charge in [-0.05, 0) is 18.6 Å². The highest BCUT2D eigenvalue weighted by molar-refractivity contribution is 9.10. The predicted octanol–water partition coefficient (Wildman–Crippen LogP) is 2.21. The van der Waals surface area contributed by atoms with Crippen LogP contribution in [0.15, 0.2) is 18.2 Å². The lowest BCUT2D eigenvalue weighted by atomic mass is 10.2. The van der Waals surface area contributed by atoms with E-state index in [2.05, 4.69) is 21.2 Å². The molecular weight excluding hydrogens is 262 g/mol. The average Bonchev–Trinajstić information content (AvgIpc) is 2.20. The summed E-state index contributed by atoms with van der Waals surface area (Å²) < 4.78 is 0. The number of phenols is 2. The maximum absolute atomic E-state index is 11.4. The maximum atomic E-state index is 11.4. The van der Waals surface area contributed by atoms with Crippen LogP contribution in [0.25, 0.3) is 0 Å². The Hall–Kier alpha value is -1.23. The van der Waals surface area contributed by atoms with Crippen LogP contribution in [0.5, 0.6) is 11.5 Å². The van der Waals surface area contributed by atoms with Gasteiger partial charge in [-0.15, -0.1) is 0 Å². The van der Waals surface area contributed by atoms with Gasteiger partial charge in [-0.3, -0.25) is 4.79 Å². The van der Waals surface area contributed by atoms with Gasteiger partial charge in [0, 0.05) is 6.07 Å². The zero-order chi connectivity index (χ0) is 11.4. The smallest absolute Gasteiger partial charge is 0.238 e. The molecule has 1 aromatic carbocycles. The standard InChI is InChI=1S/C10H12BrNO3/c1-2-7(11)10(15)12-8-4-3-6(13)5-9(8)14/h3-5,7,13-14H,2H2,1H3,(H,12,15). The zero-order valence-corrected chi connectivity index (χ0v) is 9.78. The Morgan fingerprint density at radius 1 is 1.53 bits per heavy atom. The Balaban J connectivity index is 2.77. The number of hydrogen-bond donors (Lipinski definition) is 3. The molecule has 4 nitrogen and oxygen atoms in total. The molecular formula is C10H12BrNO3. The van der Waals surface area contributed by atoms with Gasteiger partial charge in [0.15, 0.2) is 0 Å². The third kappa shape index (κ3) is 3.13. The molecule has 3 N–H and O–H groups in total. The second kappa shape index (κ2) is 5.02. The summed E-state index contributed by atoms with van der Waals surface area (Å²) in [4.78, 5) is 11.2. The van der Waals surface area contributed by atoms with Crippen molar-refractivity contribution >= 4 is 27.5 Å². The molecule has 1 aromatic rings. The minimum Gasteiger partial charge on any atom is -0.508 e. The summed E-state index contributed by atoms with van der Waals surface area (Å²) in [5.41, 5.74) is 0.288. The van der Waals surface area contributed by atoms with E-state index >= 15 is 0 Å². The van der Waals surface area contributed by atoms with Crippen LogP contribution in [0.2, 0.25) is 0 Å². The fraction of sp³-hybridized carbons (Fsp3) is 0.300. The number of alkyl halides is 1. The summed E-state index contributed by atoms with van der Waals surface area (Å²) >= 11 is 3.20. The van der Waals surface area contributed by atoms with Gasteiger partial charge in [0.25, 0.3) is 0 Å². The summed E-state index contributed by atoms with van der Waals surface area (Å²) in [6, 6.07) is 4.01. The van der Waals surface area contributed by atoms with Gasteiger partial charge >= 0.3 is 0 Å². The second-order valence-corrected chi connectivity index (χ2v) is 4.17. The first kappa shape index (κ1) is 11.8. The van der Waals surface area contributed by atoms with Crippen LogP contribution < -0.4 is 5.32 Å². The molecule has 0 aliphatic carbocycles. The molecule has 0 heterocycles. The van der Waals surface area contributed by atoms with Gasteiger partial charge in [-0.1, -0.05) is 22.9 Å². The van der Waals surface area contributed by atoms with Crippen molar-refractivity contribution in [1.82, 2.24) is 0 Å². The number of aromatic hydroxyl groups is 2. The molecule has 82 valence electrons. The molecule has 1 amide bonds. The molecule has 5 heteroatoms. The normalized spacial score (nSPS) is 12.1. The van der Waals surface area contributed by atoms with E-state index in [1.807, 2.05) is 6.92 Å². The topological polar surface area (TPSA) is 69.6 Å². The molecule has 0 aliphatic rings. The van der Waals surface area contributed by atoms with Crippen molar-refractivity contribution in [3.05, 3.63) is 18.2 Å². The SMILES string of the molecule is CCC(Br)C(=O)Nc1ccc(O)cc1O. The van der Waals surface area contributed by atoms with Crippen LogP contribution in [0.1, 0.15) is 13.3 Å². The van der Waals surface area contributed by atoms with Gasteiger partial charge in [-0.2, -0.15) is 0 Å². The molecule has 0 aromatic heterocycles. The molecule has 1 atom stereocenters. The van der Waals surface area contributed by atoms with Gasteiger partial charge in [0.2, 0.25) is 5.91 Å². The number of rotatable bonds is 3. The van der Waals surface area contributed by atoms with Crippen molar-refractivity contribution in [2.45, 2.75) is 18.2 Å². The van der Waals surface area contributed by atoms with E-state index in [9.17, 15) is 9.90 Å². The summed E-state index contributed by atoms with van der Waals surface area (Å²) in [5, 5.41) is 21.0. The first-order valence-electron chi connectivity index (χ1n) is 4.51. The molecule has 0 saturated carbocycles. The van der Waals surface area contributed by atoms with Crippen LogP contribution in [-0.4, -0.2) is 20.9 Å². The monoisotopic (exact) mass is 273 g/mol. The minimum atomic E-state index is -0.286. The lowest BCUT2D eigenvalue weighted by molar-refractivity contribution is -0.115. The molecule has 0 aliphatic heterocycles. The summed E-state index contributed by atoms with van der Waals surface area (Å²) in [6.07, 6.45) is 0.657.